The summed E-state index contributed by atoms with van der Waals surface area (Å²) < 4.78 is 5.35. The van der Waals surface area contributed by atoms with Crippen molar-refractivity contribution in [3.8, 4) is 0 Å². The zero-order chi connectivity index (χ0) is 14.4. The van der Waals surface area contributed by atoms with Crippen molar-refractivity contribution in [2.75, 3.05) is 6.54 Å². The molecule has 0 bridgehead atoms. The molecule has 0 saturated carbocycles. The first kappa shape index (κ1) is 16.0. The van der Waals surface area contributed by atoms with Crippen LogP contribution in [0.5, 0.6) is 0 Å². The van der Waals surface area contributed by atoms with E-state index in [4.69, 9.17) is 9.84 Å². The lowest BCUT2D eigenvalue weighted by molar-refractivity contribution is -0.155. The van der Waals surface area contributed by atoms with Gasteiger partial charge in [0.15, 0.2) is 6.10 Å². The first-order chi connectivity index (χ1) is 9.01. The molecular weight excluding hydrogens is 246 g/mol. The summed E-state index contributed by atoms with van der Waals surface area (Å²) in [4.78, 5) is 25.1. The van der Waals surface area contributed by atoms with Crippen LogP contribution in [-0.4, -0.2) is 46.7 Å². The number of aliphatic carboxylic acids is 1. The highest BCUT2D eigenvalue weighted by atomic mass is 16.5. The molecule has 1 fully saturated rings. The molecule has 1 saturated heterocycles. The summed E-state index contributed by atoms with van der Waals surface area (Å²) in [5.41, 5.74) is 0. The van der Waals surface area contributed by atoms with Crippen LogP contribution in [0.3, 0.4) is 0 Å². The van der Waals surface area contributed by atoms with Crippen LogP contribution in [0.25, 0.3) is 0 Å². The van der Waals surface area contributed by atoms with Gasteiger partial charge in [0.05, 0.1) is 0 Å². The number of carbonyl (C=O) groups is 2. The predicted octanol–water partition coefficient (Wildman–Crippen LogP) is 2.05. The molecule has 3 unspecified atom stereocenters. The minimum absolute atomic E-state index is 0.0495. The Bertz CT molecular complexity index is 319. The maximum atomic E-state index is 12.4. The zero-order valence-electron chi connectivity index (χ0n) is 12.1. The lowest BCUT2D eigenvalue weighted by atomic mass is 10.1. The van der Waals surface area contributed by atoms with Crippen molar-refractivity contribution in [3.63, 3.8) is 0 Å². The van der Waals surface area contributed by atoms with E-state index in [9.17, 15) is 9.59 Å². The number of amides is 1. The van der Waals surface area contributed by atoms with Gasteiger partial charge in [-0.1, -0.05) is 20.3 Å². The minimum Gasteiger partial charge on any atom is -0.479 e. The summed E-state index contributed by atoms with van der Waals surface area (Å²) in [7, 11) is 0. The van der Waals surface area contributed by atoms with Gasteiger partial charge >= 0.3 is 5.97 Å². The Labute approximate surface area is 114 Å². The zero-order valence-corrected chi connectivity index (χ0v) is 12.1. The largest absolute Gasteiger partial charge is 0.479 e. The van der Waals surface area contributed by atoms with Crippen molar-refractivity contribution in [1.29, 1.82) is 0 Å². The fourth-order valence-electron chi connectivity index (χ4n) is 2.28. The summed E-state index contributed by atoms with van der Waals surface area (Å²) in [6.45, 7) is 6.89. The van der Waals surface area contributed by atoms with Gasteiger partial charge in [-0.05, 0) is 32.6 Å². The molecular formula is C14H25NO4. The number of carboxylic acids is 1. The van der Waals surface area contributed by atoms with E-state index in [2.05, 4.69) is 6.92 Å². The number of unbranched alkanes of at least 4 members (excludes halogenated alkanes) is 1. The summed E-state index contributed by atoms with van der Waals surface area (Å²) in [5, 5.41) is 8.90. The maximum absolute atomic E-state index is 12.4. The second-order valence-electron chi connectivity index (χ2n) is 5.17. The van der Waals surface area contributed by atoms with Gasteiger partial charge in [-0.2, -0.15) is 0 Å². The fourth-order valence-corrected chi connectivity index (χ4v) is 2.28. The quantitative estimate of drug-likeness (QED) is 0.769. The SMILES string of the molecule is CCCCN(C(=O)C1CCC(C(=O)O)O1)C(C)CC. The molecule has 0 radical (unpaired) electrons. The number of hydrogen-bond acceptors (Lipinski definition) is 3. The Hall–Kier alpha value is -1.10. The molecule has 0 aliphatic carbocycles. The molecule has 5 nitrogen and oxygen atoms in total. The highest BCUT2D eigenvalue weighted by Gasteiger charge is 2.37. The van der Waals surface area contributed by atoms with Crippen LogP contribution in [0.4, 0.5) is 0 Å². The van der Waals surface area contributed by atoms with Crippen LogP contribution in [0, 0.1) is 0 Å². The molecule has 0 aromatic heterocycles. The van der Waals surface area contributed by atoms with E-state index in [1.807, 2.05) is 18.7 Å². The van der Waals surface area contributed by atoms with Gasteiger partial charge in [-0.25, -0.2) is 4.79 Å². The van der Waals surface area contributed by atoms with E-state index in [1.54, 1.807) is 0 Å². The predicted molar refractivity (Wildman–Crippen MR) is 71.9 cm³/mol. The average Bonchev–Trinajstić information content (AvgIpc) is 2.88. The van der Waals surface area contributed by atoms with Gasteiger partial charge in [0.2, 0.25) is 0 Å². The smallest absolute Gasteiger partial charge is 0.332 e. The fraction of sp³-hybridized carbons (Fsp3) is 0.857. The topological polar surface area (TPSA) is 66.8 Å². The molecule has 1 amide bonds. The summed E-state index contributed by atoms with van der Waals surface area (Å²) >= 11 is 0. The number of carbonyl (C=O) groups excluding carboxylic acids is 1. The number of nitrogens with zero attached hydrogens (tertiary/aromatic N) is 1. The molecule has 0 aromatic rings. The van der Waals surface area contributed by atoms with Crippen LogP contribution in [0.1, 0.15) is 52.9 Å². The summed E-state index contributed by atoms with van der Waals surface area (Å²) in [5.74, 6) is -1.02. The van der Waals surface area contributed by atoms with Gasteiger partial charge in [-0.3, -0.25) is 4.79 Å². The van der Waals surface area contributed by atoms with E-state index in [1.165, 1.54) is 0 Å². The Kier molecular flexibility index (Phi) is 6.28. The van der Waals surface area contributed by atoms with Crippen molar-refractivity contribution < 1.29 is 19.4 Å². The van der Waals surface area contributed by atoms with E-state index in [0.717, 1.165) is 25.8 Å². The van der Waals surface area contributed by atoms with E-state index < -0.39 is 18.2 Å². The van der Waals surface area contributed by atoms with E-state index >= 15 is 0 Å². The lowest BCUT2D eigenvalue weighted by Gasteiger charge is -2.30. The number of carboxylic acid groups (broad SMARTS) is 1. The van der Waals surface area contributed by atoms with E-state index in [0.29, 0.717) is 12.8 Å². The van der Waals surface area contributed by atoms with Crippen LogP contribution < -0.4 is 0 Å². The second kappa shape index (κ2) is 7.48. The monoisotopic (exact) mass is 271 g/mol. The van der Waals surface area contributed by atoms with Gasteiger partial charge in [0.25, 0.3) is 5.91 Å². The van der Waals surface area contributed by atoms with Gasteiger partial charge in [0.1, 0.15) is 6.10 Å². The molecule has 1 rings (SSSR count). The first-order valence-electron chi connectivity index (χ1n) is 7.19. The first-order valence-corrected chi connectivity index (χ1v) is 7.19. The molecule has 0 spiro atoms. The second-order valence-corrected chi connectivity index (χ2v) is 5.17. The van der Waals surface area contributed by atoms with Crippen LogP contribution in [0.2, 0.25) is 0 Å². The summed E-state index contributed by atoms with van der Waals surface area (Å²) in [6.07, 6.45) is 2.42. The molecule has 19 heavy (non-hydrogen) atoms. The Morgan fingerprint density at radius 1 is 1.32 bits per heavy atom. The summed E-state index contributed by atoms with van der Waals surface area (Å²) in [6, 6.07) is 0.173. The normalized spacial score (nSPS) is 24.2. The highest BCUT2D eigenvalue weighted by molar-refractivity contribution is 5.83. The van der Waals surface area contributed by atoms with Crippen LogP contribution in [0.15, 0.2) is 0 Å². The lowest BCUT2D eigenvalue weighted by Crippen LogP contribution is -2.45. The van der Waals surface area contributed by atoms with Gasteiger partial charge < -0.3 is 14.7 Å². The number of hydrogen-bond donors (Lipinski definition) is 1. The van der Waals surface area contributed by atoms with Crippen molar-refractivity contribution in [2.45, 2.75) is 71.1 Å². The molecule has 1 heterocycles. The van der Waals surface area contributed by atoms with Crippen molar-refractivity contribution in [2.24, 2.45) is 0 Å². The Morgan fingerprint density at radius 2 is 1.95 bits per heavy atom. The Morgan fingerprint density at radius 3 is 2.42 bits per heavy atom. The third-order valence-electron chi connectivity index (χ3n) is 3.73. The van der Waals surface area contributed by atoms with E-state index in [-0.39, 0.29) is 11.9 Å². The average molecular weight is 271 g/mol. The minimum atomic E-state index is -0.973. The molecule has 5 heteroatoms. The molecule has 1 aliphatic rings. The van der Waals surface area contributed by atoms with Gasteiger partial charge in [-0.15, -0.1) is 0 Å². The molecule has 1 aliphatic heterocycles. The standard InChI is InChI=1S/C14H25NO4/c1-4-6-9-15(10(3)5-2)13(16)11-7-8-12(19-11)14(17)18/h10-12H,4-9H2,1-3H3,(H,17,18). The molecule has 1 N–H and O–H groups in total. The molecule has 0 aromatic carbocycles. The Balaban J connectivity index is 2.63. The van der Waals surface area contributed by atoms with Crippen molar-refractivity contribution in [3.05, 3.63) is 0 Å². The van der Waals surface area contributed by atoms with Crippen LogP contribution in [-0.2, 0) is 14.3 Å². The van der Waals surface area contributed by atoms with Gasteiger partial charge in [0, 0.05) is 12.6 Å². The number of rotatable bonds is 7. The molecule has 3 atom stereocenters. The maximum Gasteiger partial charge on any atom is 0.332 e. The number of ether oxygens (including phenoxy) is 1. The van der Waals surface area contributed by atoms with Crippen molar-refractivity contribution >= 4 is 11.9 Å². The molecule has 110 valence electrons. The third-order valence-corrected chi connectivity index (χ3v) is 3.73. The van der Waals surface area contributed by atoms with Crippen molar-refractivity contribution in [1.82, 2.24) is 4.90 Å². The highest BCUT2D eigenvalue weighted by Crippen LogP contribution is 2.23. The third kappa shape index (κ3) is 4.20. The van der Waals surface area contributed by atoms with Crippen LogP contribution >= 0.6 is 0 Å².